The van der Waals surface area contributed by atoms with Crippen molar-refractivity contribution >= 4 is 17.6 Å². The Hall–Kier alpha value is -3.24. The van der Waals surface area contributed by atoms with Gasteiger partial charge in [0.15, 0.2) is 12.3 Å². The molecule has 1 fully saturated rings. The summed E-state index contributed by atoms with van der Waals surface area (Å²) in [6.07, 6.45) is -1.22. The van der Waals surface area contributed by atoms with Gasteiger partial charge in [-0.15, -0.1) is 10.2 Å². The Morgan fingerprint density at radius 1 is 1.24 bits per heavy atom. The van der Waals surface area contributed by atoms with Crippen LogP contribution in [0.5, 0.6) is 5.88 Å². The first-order valence-electron chi connectivity index (χ1n) is 8.82. The highest BCUT2D eigenvalue weighted by Gasteiger charge is 2.30. The van der Waals surface area contributed by atoms with E-state index in [0.29, 0.717) is 11.4 Å². The summed E-state index contributed by atoms with van der Waals surface area (Å²) >= 11 is 0. The highest BCUT2D eigenvalue weighted by molar-refractivity contribution is 5.93. The van der Waals surface area contributed by atoms with E-state index in [4.69, 9.17) is 0 Å². The number of rotatable bonds is 7. The van der Waals surface area contributed by atoms with Crippen molar-refractivity contribution in [2.45, 2.75) is 32.0 Å². The van der Waals surface area contributed by atoms with Crippen LogP contribution in [0, 0.1) is 5.92 Å². The first-order chi connectivity index (χ1) is 13.7. The second-order valence-corrected chi connectivity index (χ2v) is 6.59. The number of ether oxygens (including phenoxy) is 1. The van der Waals surface area contributed by atoms with E-state index >= 15 is 0 Å². The van der Waals surface area contributed by atoms with Crippen LogP contribution in [0.2, 0.25) is 0 Å². The number of nitrogens with zero attached hydrogens (tertiary/aromatic N) is 3. The standard InChI is InChI=1S/C18H18F3N5O3/c1-10(12-6-7-22-14(8-12)24-16(27)11-2-3-11)23-17(28)13-4-5-15(26-25-13)29-9-18(19,20)21/h4-8,10-11H,2-3,9H2,1H3,(H,23,28)(H,22,24,27). The minimum absolute atomic E-state index is 0.0410. The number of hydrogen-bond donors (Lipinski definition) is 2. The van der Waals surface area contributed by atoms with Crippen LogP contribution in [-0.2, 0) is 4.79 Å². The van der Waals surface area contributed by atoms with Crippen molar-refractivity contribution in [3.63, 3.8) is 0 Å². The Bertz CT molecular complexity index is 885. The molecule has 0 spiro atoms. The molecule has 0 radical (unpaired) electrons. The van der Waals surface area contributed by atoms with Crippen molar-refractivity contribution in [3.8, 4) is 5.88 Å². The van der Waals surface area contributed by atoms with Gasteiger partial charge in [0.2, 0.25) is 11.8 Å². The molecule has 1 saturated carbocycles. The van der Waals surface area contributed by atoms with Crippen LogP contribution in [0.4, 0.5) is 19.0 Å². The van der Waals surface area contributed by atoms with Crippen LogP contribution in [0.1, 0.15) is 41.9 Å². The lowest BCUT2D eigenvalue weighted by Crippen LogP contribution is -2.28. The quantitative estimate of drug-likeness (QED) is 0.728. The molecule has 1 atom stereocenters. The van der Waals surface area contributed by atoms with Gasteiger partial charge in [0.1, 0.15) is 5.82 Å². The molecule has 0 aliphatic heterocycles. The number of amides is 2. The van der Waals surface area contributed by atoms with Crippen molar-refractivity contribution in [1.29, 1.82) is 0 Å². The summed E-state index contributed by atoms with van der Waals surface area (Å²) < 4.78 is 40.8. The molecule has 1 aliphatic rings. The number of anilines is 1. The minimum atomic E-state index is -4.49. The molecule has 2 N–H and O–H groups in total. The van der Waals surface area contributed by atoms with Crippen LogP contribution < -0.4 is 15.4 Å². The predicted molar refractivity (Wildman–Crippen MR) is 95.1 cm³/mol. The molecule has 11 heteroatoms. The molecule has 1 unspecified atom stereocenters. The Kier molecular flexibility index (Phi) is 5.95. The first-order valence-corrected chi connectivity index (χ1v) is 8.82. The number of halogens is 3. The summed E-state index contributed by atoms with van der Waals surface area (Å²) in [4.78, 5) is 28.2. The molecule has 2 aromatic heterocycles. The summed E-state index contributed by atoms with van der Waals surface area (Å²) in [6.45, 7) is 0.236. The third-order valence-corrected chi connectivity index (χ3v) is 4.09. The molecular formula is C18H18F3N5O3. The zero-order valence-corrected chi connectivity index (χ0v) is 15.4. The van der Waals surface area contributed by atoms with Crippen molar-refractivity contribution < 1.29 is 27.5 Å². The number of carbonyl (C=O) groups is 2. The van der Waals surface area contributed by atoms with E-state index in [1.165, 1.54) is 12.3 Å². The molecule has 8 nitrogen and oxygen atoms in total. The number of hydrogen-bond acceptors (Lipinski definition) is 6. The Balaban J connectivity index is 1.57. The fourth-order valence-corrected chi connectivity index (χ4v) is 2.39. The number of pyridine rings is 1. The molecular weight excluding hydrogens is 391 g/mol. The Labute approximate surface area is 163 Å². The Morgan fingerprint density at radius 3 is 2.62 bits per heavy atom. The fourth-order valence-electron chi connectivity index (χ4n) is 2.39. The number of carbonyl (C=O) groups excluding carboxylic acids is 2. The van der Waals surface area contributed by atoms with Crippen molar-refractivity contribution in [3.05, 3.63) is 41.7 Å². The molecule has 2 heterocycles. The number of nitrogens with one attached hydrogen (secondary N) is 2. The maximum atomic E-state index is 12.3. The Morgan fingerprint density at radius 2 is 2.00 bits per heavy atom. The lowest BCUT2D eigenvalue weighted by molar-refractivity contribution is -0.154. The van der Waals surface area contributed by atoms with Crippen LogP contribution in [0.3, 0.4) is 0 Å². The van der Waals surface area contributed by atoms with E-state index in [9.17, 15) is 22.8 Å². The zero-order valence-electron chi connectivity index (χ0n) is 15.4. The lowest BCUT2D eigenvalue weighted by Gasteiger charge is -2.15. The average Bonchev–Trinajstić information content (AvgIpc) is 3.52. The second kappa shape index (κ2) is 8.41. The third-order valence-electron chi connectivity index (χ3n) is 4.09. The normalized spacial score (nSPS) is 14.8. The topological polar surface area (TPSA) is 106 Å². The minimum Gasteiger partial charge on any atom is -0.467 e. The van der Waals surface area contributed by atoms with Gasteiger partial charge in [-0.1, -0.05) is 0 Å². The maximum Gasteiger partial charge on any atom is 0.422 e. The monoisotopic (exact) mass is 409 g/mol. The number of alkyl halides is 3. The third kappa shape index (κ3) is 6.13. The first kappa shape index (κ1) is 20.5. The van der Waals surface area contributed by atoms with Gasteiger partial charge < -0.3 is 15.4 Å². The molecule has 2 aromatic rings. The molecule has 3 rings (SSSR count). The molecule has 1 aliphatic carbocycles. The smallest absolute Gasteiger partial charge is 0.422 e. The lowest BCUT2D eigenvalue weighted by atomic mass is 10.1. The zero-order chi connectivity index (χ0) is 21.0. The van der Waals surface area contributed by atoms with Crippen LogP contribution >= 0.6 is 0 Å². The van der Waals surface area contributed by atoms with Gasteiger partial charge in [0.25, 0.3) is 5.91 Å². The van der Waals surface area contributed by atoms with Crippen LogP contribution in [-0.4, -0.2) is 39.8 Å². The van der Waals surface area contributed by atoms with Crippen molar-refractivity contribution in [1.82, 2.24) is 20.5 Å². The van der Waals surface area contributed by atoms with Gasteiger partial charge in [-0.2, -0.15) is 13.2 Å². The highest BCUT2D eigenvalue weighted by Crippen LogP contribution is 2.30. The van der Waals surface area contributed by atoms with Crippen LogP contribution in [0.15, 0.2) is 30.5 Å². The average molecular weight is 409 g/mol. The number of aromatic nitrogens is 3. The molecule has 29 heavy (non-hydrogen) atoms. The molecule has 0 bridgehead atoms. The highest BCUT2D eigenvalue weighted by atomic mass is 19.4. The van der Waals surface area contributed by atoms with Gasteiger partial charge in [-0.05, 0) is 43.5 Å². The summed E-state index contributed by atoms with van der Waals surface area (Å²) in [6, 6.07) is 5.26. The largest absolute Gasteiger partial charge is 0.467 e. The van der Waals surface area contributed by atoms with E-state index in [0.717, 1.165) is 18.9 Å². The van der Waals surface area contributed by atoms with E-state index in [2.05, 4.69) is 30.6 Å². The molecule has 2 amide bonds. The van der Waals surface area contributed by atoms with E-state index in [-0.39, 0.29) is 23.4 Å². The maximum absolute atomic E-state index is 12.3. The van der Waals surface area contributed by atoms with Crippen molar-refractivity contribution in [2.75, 3.05) is 11.9 Å². The second-order valence-electron chi connectivity index (χ2n) is 6.59. The fraction of sp³-hybridized carbons (Fsp3) is 0.389. The van der Waals surface area contributed by atoms with Gasteiger partial charge in [-0.25, -0.2) is 4.98 Å². The molecule has 0 aromatic carbocycles. The summed E-state index contributed by atoms with van der Waals surface area (Å²) in [5, 5.41) is 12.5. The van der Waals surface area contributed by atoms with E-state index < -0.39 is 24.7 Å². The molecule has 154 valence electrons. The van der Waals surface area contributed by atoms with Gasteiger partial charge >= 0.3 is 6.18 Å². The van der Waals surface area contributed by atoms with E-state index in [1.54, 1.807) is 19.1 Å². The van der Waals surface area contributed by atoms with Gasteiger partial charge in [-0.3, -0.25) is 9.59 Å². The predicted octanol–water partition coefficient (Wildman–Crippen LogP) is 2.65. The van der Waals surface area contributed by atoms with Crippen molar-refractivity contribution in [2.24, 2.45) is 5.92 Å². The van der Waals surface area contributed by atoms with Gasteiger partial charge in [0.05, 0.1) is 6.04 Å². The SMILES string of the molecule is CC(NC(=O)c1ccc(OCC(F)(F)F)nn1)c1ccnc(NC(=O)C2CC2)c1. The van der Waals surface area contributed by atoms with E-state index in [1.807, 2.05) is 0 Å². The van der Waals surface area contributed by atoms with Gasteiger partial charge in [0, 0.05) is 18.2 Å². The summed E-state index contributed by atoms with van der Waals surface area (Å²) in [7, 11) is 0. The summed E-state index contributed by atoms with van der Waals surface area (Å²) in [5.74, 6) is -0.537. The van der Waals surface area contributed by atoms with Crippen LogP contribution in [0.25, 0.3) is 0 Å². The molecule has 0 saturated heterocycles. The summed E-state index contributed by atoms with van der Waals surface area (Å²) in [5.41, 5.74) is 0.630.